The van der Waals surface area contributed by atoms with E-state index < -0.39 is 5.60 Å². The van der Waals surface area contributed by atoms with Gasteiger partial charge < -0.3 is 15.0 Å². The Balaban J connectivity index is 1.49. The number of H-pyrrole nitrogens is 1. The lowest BCUT2D eigenvalue weighted by Crippen LogP contribution is -2.36. The van der Waals surface area contributed by atoms with E-state index in [0.29, 0.717) is 13.1 Å². The molecule has 4 rings (SSSR count). The van der Waals surface area contributed by atoms with E-state index in [1.807, 2.05) is 39.0 Å². The van der Waals surface area contributed by atoms with Gasteiger partial charge in [0.05, 0.1) is 17.1 Å². The maximum Gasteiger partial charge on any atom is 0.410 e. The molecule has 0 bridgehead atoms. The number of imidazole rings is 1. The number of nitrogens with zero attached hydrogens (tertiary/aromatic N) is 2. The van der Waals surface area contributed by atoms with Gasteiger partial charge in [-0.05, 0) is 75.6 Å². The lowest BCUT2D eigenvalue weighted by Gasteiger charge is -2.27. The van der Waals surface area contributed by atoms with Crippen LogP contribution in [0.5, 0.6) is 0 Å². The van der Waals surface area contributed by atoms with Gasteiger partial charge >= 0.3 is 6.09 Å². The zero-order chi connectivity index (χ0) is 21.3. The molecule has 6 nitrogen and oxygen atoms in total. The van der Waals surface area contributed by atoms with Crippen molar-refractivity contribution in [3.63, 3.8) is 0 Å². The molecule has 0 aliphatic carbocycles. The van der Waals surface area contributed by atoms with E-state index in [9.17, 15) is 9.18 Å². The number of aromatic amines is 1. The van der Waals surface area contributed by atoms with Crippen LogP contribution in [0.3, 0.4) is 0 Å². The van der Waals surface area contributed by atoms with E-state index >= 15 is 0 Å². The van der Waals surface area contributed by atoms with E-state index in [1.165, 1.54) is 12.1 Å². The van der Waals surface area contributed by atoms with E-state index in [2.05, 4.69) is 10.3 Å². The van der Waals surface area contributed by atoms with Gasteiger partial charge in [0.25, 0.3) is 0 Å². The summed E-state index contributed by atoms with van der Waals surface area (Å²) in [6.45, 7) is 6.90. The van der Waals surface area contributed by atoms with Gasteiger partial charge in [0.1, 0.15) is 17.2 Å². The van der Waals surface area contributed by atoms with Crippen LogP contribution in [-0.4, -0.2) is 33.1 Å². The Morgan fingerprint density at radius 3 is 2.77 bits per heavy atom. The Bertz CT molecular complexity index is 1040. The molecule has 2 heterocycles. The summed E-state index contributed by atoms with van der Waals surface area (Å²) in [6.07, 6.45) is 1.49. The van der Waals surface area contributed by atoms with Gasteiger partial charge in [0.15, 0.2) is 0 Å². The van der Waals surface area contributed by atoms with Crippen LogP contribution in [0.2, 0.25) is 0 Å². The standard InChI is InChI=1S/C23H27FN4O2/c1-23(2,3)30-22(29)28-12-4-5-20(28)21-26-18-11-6-15(13-19(18)27-21)14-25-17-9-7-16(24)8-10-17/h6-11,13,20,25H,4-5,12,14H2,1-3H3,(H,26,27)/t20-/m0/s1. The first-order valence-electron chi connectivity index (χ1n) is 10.3. The molecule has 1 atom stereocenters. The highest BCUT2D eigenvalue weighted by atomic mass is 19.1. The molecule has 0 saturated carbocycles. The van der Waals surface area contributed by atoms with Gasteiger partial charge in [0.2, 0.25) is 0 Å². The molecule has 1 fully saturated rings. The van der Waals surface area contributed by atoms with Crippen LogP contribution in [-0.2, 0) is 11.3 Å². The minimum Gasteiger partial charge on any atom is -0.444 e. The van der Waals surface area contributed by atoms with Gasteiger partial charge in [-0.2, -0.15) is 0 Å². The SMILES string of the molecule is CC(C)(C)OC(=O)N1CCC[C@H]1c1nc2cc(CNc3ccc(F)cc3)ccc2[nH]1. The third-order valence-corrected chi connectivity index (χ3v) is 5.10. The Morgan fingerprint density at radius 1 is 1.27 bits per heavy atom. The number of nitrogens with one attached hydrogen (secondary N) is 2. The van der Waals surface area contributed by atoms with Gasteiger partial charge in [-0.15, -0.1) is 0 Å². The fourth-order valence-electron chi connectivity index (χ4n) is 3.70. The van der Waals surface area contributed by atoms with Crippen molar-refractivity contribution in [3.8, 4) is 0 Å². The zero-order valence-corrected chi connectivity index (χ0v) is 17.5. The Kier molecular flexibility index (Phi) is 5.37. The third kappa shape index (κ3) is 4.56. The van der Waals surface area contributed by atoms with Crippen LogP contribution in [0.4, 0.5) is 14.9 Å². The average molecular weight is 410 g/mol. The molecule has 1 aliphatic rings. The normalized spacial score (nSPS) is 16.8. The molecule has 30 heavy (non-hydrogen) atoms. The fourth-order valence-corrected chi connectivity index (χ4v) is 3.70. The number of fused-ring (bicyclic) bond motifs is 1. The molecule has 158 valence electrons. The third-order valence-electron chi connectivity index (χ3n) is 5.10. The molecule has 1 amide bonds. The number of halogens is 1. The summed E-state index contributed by atoms with van der Waals surface area (Å²) in [7, 11) is 0. The fraction of sp³-hybridized carbons (Fsp3) is 0.391. The minimum absolute atomic E-state index is 0.104. The number of anilines is 1. The molecule has 0 unspecified atom stereocenters. The van der Waals surface area contributed by atoms with Crippen molar-refractivity contribution < 1.29 is 13.9 Å². The molecule has 7 heteroatoms. The second-order valence-corrected chi connectivity index (χ2v) is 8.67. The molecule has 1 aliphatic heterocycles. The molecule has 2 N–H and O–H groups in total. The van der Waals surface area contributed by atoms with Crippen molar-refractivity contribution in [2.24, 2.45) is 0 Å². The molecular formula is C23H27FN4O2. The topological polar surface area (TPSA) is 70.2 Å². The summed E-state index contributed by atoms with van der Waals surface area (Å²) in [4.78, 5) is 22.5. The van der Waals surface area contributed by atoms with Crippen molar-refractivity contribution in [3.05, 3.63) is 59.7 Å². The first kappa shape index (κ1) is 20.2. The monoisotopic (exact) mass is 410 g/mol. The largest absolute Gasteiger partial charge is 0.444 e. The predicted molar refractivity (Wildman–Crippen MR) is 115 cm³/mol. The van der Waals surface area contributed by atoms with Gasteiger partial charge in [-0.25, -0.2) is 14.2 Å². The second kappa shape index (κ2) is 7.97. The Hall–Kier alpha value is -3.09. The highest BCUT2D eigenvalue weighted by Crippen LogP contribution is 2.32. The van der Waals surface area contributed by atoms with Crippen molar-refractivity contribution >= 4 is 22.8 Å². The van der Waals surface area contributed by atoms with E-state index in [4.69, 9.17) is 9.72 Å². The summed E-state index contributed by atoms with van der Waals surface area (Å²) >= 11 is 0. The number of hydrogen-bond donors (Lipinski definition) is 2. The number of carbonyl (C=O) groups is 1. The molecule has 3 aromatic rings. The lowest BCUT2D eigenvalue weighted by molar-refractivity contribution is 0.0219. The van der Waals surface area contributed by atoms with Crippen LogP contribution in [0.15, 0.2) is 42.5 Å². The van der Waals surface area contributed by atoms with Crippen molar-refractivity contribution in [1.82, 2.24) is 14.9 Å². The van der Waals surface area contributed by atoms with Gasteiger partial charge in [0, 0.05) is 18.8 Å². The van der Waals surface area contributed by atoms with Gasteiger partial charge in [-0.1, -0.05) is 6.07 Å². The van der Waals surface area contributed by atoms with Crippen LogP contribution in [0, 0.1) is 5.82 Å². The zero-order valence-electron chi connectivity index (χ0n) is 17.5. The first-order chi connectivity index (χ1) is 14.3. The van der Waals surface area contributed by atoms with Crippen molar-refractivity contribution in [2.45, 2.75) is 51.8 Å². The van der Waals surface area contributed by atoms with Crippen LogP contribution in [0.1, 0.15) is 51.0 Å². The number of aromatic nitrogens is 2. The quantitative estimate of drug-likeness (QED) is 0.605. The smallest absolute Gasteiger partial charge is 0.410 e. The maximum absolute atomic E-state index is 13.0. The van der Waals surface area contributed by atoms with E-state index in [1.54, 1.807) is 17.0 Å². The molecular weight excluding hydrogens is 383 g/mol. The van der Waals surface area contributed by atoms with E-state index in [0.717, 1.165) is 41.0 Å². The highest BCUT2D eigenvalue weighted by molar-refractivity contribution is 5.76. The molecule has 0 radical (unpaired) electrons. The lowest BCUT2D eigenvalue weighted by atomic mass is 10.2. The van der Waals surface area contributed by atoms with Crippen LogP contribution >= 0.6 is 0 Å². The molecule has 0 spiro atoms. The molecule has 1 aromatic heterocycles. The van der Waals surface area contributed by atoms with Crippen molar-refractivity contribution in [2.75, 3.05) is 11.9 Å². The number of ether oxygens (including phenoxy) is 1. The van der Waals surface area contributed by atoms with Crippen molar-refractivity contribution in [1.29, 1.82) is 0 Å². The summed E-state index contributed by atoms with van der Waals surface area (Å²) < 4.78 is 18.6. The molecule has 2 aromatic carbocycles. The average Bonchev–Trinajstić information content (AvgIpc) is 3.32. The van der Waals surface area contributed by atoms with E-state index in [-0.39, 0.29) is 18.0 Å². The summed E-state index contributed by atoms with van der Waals surface area (Å²) in [5.41, 5.74) is 3.20. The number of carbonyl (C=O) groups excluding carboxylic acids is 1. The summed E-state index contributed by atoms with van der Waals surface area (Å²) in [5, 5.41) is 3.28. The maximum atomic E-state index is 13.0. The number of hydrogen-bond acceptors (Lipinski definition) is 4. The number of rotatable bonds is 4. The Labute approximate surface area is 175 Å². The highest BCUT2D eigenvalue weighted by Gasteiger charge is 2.34. The molecule has 1 saturated heterocycles. The first-order valence-corrected chi connectivity index (χ1v) is 10.3. The number of likely N-dealkylation sites (tertiary alicyclic amines) is 1. The Morgan fingerprint density at radius 2 is 2.03 bits per heavy atom. The minimum atomic E-state index is -0.523. The number of amides is 1. The summed E-state index contributed by atoms with van der Waals surface area (Å²) in [6, 6.07) is 12.2. The number of benzene rings is 2. The van der Waals surface area contributed by atoms with Gasteiger partial charge in [-0.3, -0.25) is 4.90 Å². The van der Waals surface area contributed by atoms with Crippen LogP contribution < -0.4 is 5.32 Å². The second-order valence-electron chi connectivity index (χ2n) is 8.67. The summed E-state index contributed by atoms with van der Waals surface area (Å²) in [5.74, 6) is 0.537. The van der Waals surface area contributed by atoms with Crippen LogP contribution in [0.25, 0.3) is 11.0 Å². The predicted octanol–water partition coefficient (Wildman–Crippen LogP) is 5.39.